The summed E-state index contributed by atoms with van der Waals surface area (Å²) in [7, 11) is 0. The van der Waals surface area contributed by atoms with Crippen molar-refractivity contribution < 1.29 is 14.0 Å². The molecule has 0 radical (unpaired) electrons. The summed E-state index contributed by atoms with van der Waals surface area (Å²) < 4.78 is 15.7. The Labute approximate surface area is 255 Å². The molecule has 1 aromatic heterocycles. The standard InChI is InChI=1S/C35H25FN4O3S/c1-21-28(32(41)38-25-12-6-3-7-13-25)30(23-16-18-24(36)19-17-23)40-34(43)31(44-35(40)37-21)29-26-14-8-9-15-27(26)39(33(29)42)20-22-10-4-2-5-11-22/h2-19,30H,20H2,1H3,(H,38,41)/b31-29-/t30-/m1/s1. The average molecular weight is 601 g/mol. The number of amides is 2. The van der Waals surface area contributed by atoms with E-state index in [-0.39, 0.29) is 16.0 Å². The highest BCUT2D eigenvalue weighted by Gasteiger charge is 2.37. The smallest absolute Gasteiger partial charge is 0.271 e. The number of hydrogen-bond donors (Lipinski definition) is 1. The number of anilines is 2. The Morgan fingerprint density at radius 2 is 1.55 bits per heavy atom. The second-order valence-corrected chi connectivity index (χ2v) is 11.5. The van der Waals surface area contributed by atoms with Gasteiger partial charge in [-0.3, -0.25) is 19.0 Å². The third-order valence-electron chi connectivity index (χ3n) is 7.79. The van der Waals surface area contributed by atoms with Crippen LogP contribution in [-0.4, -0.2) is 16.4 Å². The summed E-state index contributed by atoms with van der Waals surface area (Å²) in [5.74, 6) is -1.15. The minimum Gasteiger partial charge on any atom is -0.322 e. The number of carbonyl (C=O) groups excluding carboxylic acids is 2. The van der Waals surface area contributed by atoms with Crippen molar-refractivity contribution in [3.05, 3.63) is 163 Å². The van der Waals surface area contributed by atoms with Gasteiger partial charge in [0.25, 0.3) is 17.4 Å². The van der Waals surface area contributed by atoms with E-state index in [1.165, 1.54) is 16.7 Å². The second-order valence-electron chi connectivity index (χ2n) is 10.5. The van der Waals surface area contributed by atoms with E-state index in [2.05, 4.69) is 5.32 Å². The Kier molecular flexibility index (Phi) is 6.87. The number of rotatable bonds is 5. The van der Waals surface area contributed by atoms with E-state index in [0.29, 0.717) is 39.4 Å². The molecule has 4 aromatic carbocycles. The van der Waals surface area contributed by atoms with Gasteiger partial charge in [0.05, 0.1) is 35.1 Å². The molecule has 0 unspecified atom stereocenters. The third-order valence-corrected chi connectivity index (χ3v) is 8.85. The molecule has 9 heteroatoms. The van der Waals surface area contributed by atoms with E-state index >= 15 is 0 Å². The lowest BCUT2D eigenvalue weighted by Crippen LogP contribution is -2.41. The first-order valence-corrected chi connectivity index (χ1v) is 14.8. The first-order chi connectivity index (χ1) is 21.4. The van der Waals surface area contributed by atoms with Crippen LogP contribution in [0.25, 0.3) is 5.57 Å². The number of aromatic nitrogens is 1. The summed E-state index contributed by atoms with van der Waals surface area (Å²) in [6.07, 6.45) is 0. The number of benzene rings is 4. The quantitative estimate of drug-likeness (QED) is 0.311. The number of hydrogen-bond acceptors (Lipinski definition) is 5. The Bertz CT molecular complexity index is 2150. The minimum absolute atomic E-state index is 0.237. The number of nitrogens with zero attached hydrogens (tertiary/aromatic N) is 3. The van der Waals surface area contributed by atoms with Gasteiger partial charge in [0.1, 0.15) is 10.3 Å². The van der Waals surface area contributed by atoms with Crippen LogP contribution in [0.4, 0.5) is 15.8 Å². The summed E-state index contributed by atoms with van der Waals surface area (Å²) >= 11 is 1.12. The molecule has 44 heavy (non-hydrogen) atoms. The summed E-state index contributed by atoms with van der Waals surface area (Å²) in [6, 6.07) is 30.9. The SMILES string of the molecule is CC1=C(C(=O)Nc2ccccc2)[C@@H](c2ccc(F)cc2)n2c(s/c(=C3\C(=O)N(Cc4ccccc4)c4ccccc43)c2=O)=N1. The molecule has 3 heterocycles. The van der Waals surface area contributed by atoms with Gasteiger partial charge in [-0.1, -0.05) is 90.2 Å². The van der Waals surface area contributed by atoms with Crippen LogP contribution in [0.5, 0.6) is 0 Å². The molecule has 5 aromatic rings. The van der Waals surface area contributed by atoms with Gasteiger partial charge in [-0.05, 0) is 48.4 Å². The molecule has 2 aliphatic rings. The van der Waals surface area contributed by atoms with E-state index in [4.69, 9.17) is 4.99 Å². The molecule has 2 amide bonds. The third kappa shape index (κ3) is 4.67. The molecular weight excluding hydrogens is 575 g/mol. The van der Waals surface area contributed by atoms with E-state index in [9.17, 15) is 18.8 Å². The average Bonchev–Trinajstić information content (AvgIpc) is 3.49. The van der Waals surface area contributed by atoms with Gasteiger partial charge in [-0.25, -0.2) is 9.38 Å². The topological polar surface area (TPSA) is 83.8 Å². The molecule has 0 bridgehead atoms. The fourth-order valence-electron chi connectivity index (χ4n) is 5.76. The monoisotopic (exact) mass is 600 g/mol. The van der Waals surface area contributed by atoms with Crippen molar-refractivity contribution in [2.24, 2.45) is 4.99 Å². The van der Waals surface area contributed by atoms with Crippen LogP contribution in [0.2, 0.25) is 0 Å². The van der Waals surface area contributed by atoms with E-state index < -0.39 is 23.3 Å². The van der Waals surface area contributed by atoms with Crippen molar-refractivity contribution in [2.45, 2.75) is 19.5 Å². The Morgan fingerprint density at radius 1 is 0.886 bits per heavy atom. The maximum absolute atomic E-state index is 14.4. The van der Waals surface area contributed by atoms with Gasteiger partial charge in [-0.15, -0.1) is 0 Å². The van der Waals surface area contributed by atoms with E-state index in [0.717, 1.165) is 22.6 Å². The summed E-state index contributed by atoms with van der Waals surface area (Å²) in [5, 5.41) is 2.91. The number of thiazole rings is 1. The Hall–Kier alpha value is -5.41. The van der Waals surface area contributed by atoms with Crippen molar-refractivity contribution in [3.8, 4) is 0 Å². The highest BCUT2D eigenvalue weighted by molar-refractivity contribution is 7.07. The van der Waals surface area contributed by atoms with Gasteiger partial charge in [-0.2, -0.15) is 0 Å². The lowest BCUT2D eigenvalue weighted by molar-refractivity contribution is -0.114. The fraction of sp³-hybridized carbons (Fsp3) is 0.0857. The molecular formula is C35H25FN4O3S. The second kappa shape index (κ2) is 11.0. The number of nitrogens with one attached hydrogen (secondary N) is 1. The summed E-state index contributed by atoms with van der Waals surface area (Å²) in [5.41, 5.74) is 4.00. The van der Waals surface area contributed by atoms with Crippen LogP contribution in [0.3, 0.4) is 0 Å². The van der Waals surface area contributed by atoms with Crippen molar-refractivity contribution in [3.63, 3.8) is 0 Å². The normalized spacial score (nSPS) is 16.8. The molecule has 0 saturated heterocycles. The maximum atomic E-state index is 14.4. The molecule has 0 fully saturated rings. The van der Waals surface area contributed by atoms with Crippen LogP contribution >= 0.6 is 11.3 Å². The first-order valence-electron chi connectivity index (χ1n) is 14.0. The molecule has 7 nitrogen and oxygen atoms in total. The van der Waals surface area contributed by atoms with Crippen molar-refractivity contribution in [1.82, 2.24) is 4.57 Å². The van der Waals surface area contributed by atoms with Gasteiger partial charge >= 0.3 is 0 Å². The van der Waals surface area contributed by atoms with Crippen LogP contribution in [0.15, 0.2) is 130 Å². The van der Waals surface area contributed by atoms with Crippen LogP contribution in [0, 0.1) is 5.82 Å². The largest absolute Gasteiger partial charge is 0.322 e. The van der Waals surface area contributed by atoms with Gasteiger partial charge in [0, 0.05) is 11.3 Å². The highest BCUT2D eigenvalue weighted by Crippen LogP contribution is 2.36. The predicted octanol–water partition coefficient (Wildman–Crippen LogP) is 4.93. The van der Waals surface area contributed by atoms with E-state index in [1.807, 2.05) is 72.8 Å². The van der Waals surface area contributed by atoms with Crippen molar-refractivity contribution in [1.29, 1.82) is 0 Å². The zero-order chi connectivity index (χ0) is 30.4. The van der Waals surface area contributed by atoms with Gasteiger partial charge in [0.2, 0.25) is 0 Å². The fourth-order valence-corrected chi connectivity index (χ4v) is 6.90. The van der Waals surface area contributed by atoms with Crippen LogP contribution in [-0.2, 0) is 16.1 Å². The maximum Gasteiger partial charge on any atom is 0.271 e. The number of allylic oxidation sites excluding steroid dienone is 1. The molecule has 1 N–H and O–H groups in total. The van der Waals surface area contributed by atoms with Crippen molar-refractivity contribution in [2.75, 3.05) is 10.2 Å². The van der Waals surface area contributed by atoms with Crippen LogP contribution < -0.4 is 25.1 Å². The zero-order valence-electron chi connectivity index (χ0n) is 23.5. The highest BCUT2D eigenvalue weighted by atomic mass is 32.1. The molecule has 0 spiro atoms. The predicted molar refractivity (Wildman–Crippen MR) is 168 cm³/mol. The lowest BCUT2D eigenvalue weighted by Gasteiger charge is -2.25. The summed E-state index contributed by atoms with van der Waals surface area (Å²) in [4.78, 5) is 49.0. The number of fused-ring (bicyclic) bond motifs is 2. The molecule has 0 aliphatic carbocycles. The van der Waals surface area contributed by atoms with Crippen LogP contribution in [0.1, 0.15) is 29.7 Å². The number of halogens is 1. The minimum atomic E-state index is -0.892. The molecule has 0 saturated carbocycles. The molecule has 1 atom stereocenters. The number of para-hydroxylation sites is 2. The first kappa shape index (κ1) is 27.4. The zero-order valence-corrected chi connectivity index (χ0v) is 24.3. The summed E-state index contributed by atoms with van der Waals surface area (Å²) in [6.45, 7) is 2.06. The van der Waals surface area contributed by atoms with E-state index in [1.54, 1.807) is 36.1 Å². The Morgan fingerprint density at radius 3 is 2.27 bits per heavy atom. The Balaban J connectivity index is 1.41. The molecule has 2 aliphatic heterocycles. The van der Waals surface area contributed by atoms with Gasteiger partial charge < -0.3 is 10.2 Å². The van der Waals surface area contributed by atoms with Crippen molar-refractivity contribution >= 4 is 40.1 Å². The lowest BCUT2D eigenvalue weighted by atomic mass is 9.95. The molecule has 7 rings (SSSR count). The number of carbonyl (C=O) groups is 2. The van der Waals surface area contributed by atoms with Gasteiger partial charge in [0.15, 0.2) is 4.80 Å². The molecule has 216 valence electrons.